The number of nitrogens with zero attached hydrogens (tertiary/aromatic N) is 3. The Bertz CT molecular complexity index is 982. The van der Waals surface area contributed by atoms with Gasteiger partial charge >= 0.3 is 0 Å². The van der Waals surface area contributed by atoms with Crippen LogP contribution in [0.4, 0.5) is 0 Å². The highest BCUT2D eigenvalue weighted by atomic mass is 16.5. The monoisotopic (exact) mass is 333 g/mol. The zero-order chi connectivity index (χ0) is 17.1. The zero-order valence-corrected chi connectivity index (χ0v) is 13.3. The number of rotatable bonds is 5. The van der Waals surface area contributed by atoms with Gasteiger partial charge < -0.3 is 14.3 Å². The summed E-state index contributed by atoms with van der Waals surface area (Å²) in [4.78, 5) is 12.5. The van der Waals surface area contributed by atoms with Gasteiger partial charge in [0, 0.05) is 41.3 Å². The number of furan rings is 1. The molecule has 0 unspecified atom stereocenters. The lowest BCUT2D eigenvalue weighted by Gasteiger charge is -2.04. The highest BCUT2D eigenvalue weighted by Crippen LogP contribution is 2.33. The predicted octanol–water partition coefficient (Wildman–Crippen LogP) is 3.32. The molecule has 124 valence electrons. The quantitative estimate of drug-likeness (QED) is 0.603. The Hall–Kier alpha value is -3.25. The largest absolute Gasteiger partial charge is 0.491 e. The van der Waals surface area contributed by atoms with Crippen LogP contribution in [0.15, 0.2) is 65.7 Å². The molecule has 0 amide bonds. The minimum atomic E-state index is -0.0109. The number of fused-ring (bicyclic) bond motifs is 1. The number of hydrogen-bond acceptors (Lipinski definition) is 6. The summed E-state index contributed by atoms with van der Waals surface area (Å²) in [6, 6.07) is 11.3. The Labute approximate surface area is 143 Å². The van der Waals surface area contributed by atoms with Crippen molar-refractivity contribution in [1.29, 1.82) is 0 Å². The van der Waals surface area contributed by atoms with Crippen LogP contribution in [0, 0.1) is 0 Å². The maximum atomic E-state index is 8.80. The van der Waals surface area contributed by atoms with E-state index in [9.17, 15) is 0 Å². The summed E-state index contributed by atoms with van der Waals surface area (Å²) in [6.45, 7) is 0.263. The van der Waals surface area contributed by atoms with Crippen LogP contribution in [0.1, 0.15) is 0 Å². The van der Waals surface area contributed by atoms with E-state index in [0.717, 1.165) is 28.0 Å². The lowest BCUT2D eigenvalue weighted by molar-refractivity contribution is 0.201. The van der Waals surface area contributed by atoms with Gasteiger partial charge in [0.2, 0.25) is 0 Å². The van der Waals surface area contributed by atoms with Crippen LogP contribution in [-0.2, 0) is 0 Å². The molecule has 4 rings (SSSR count). The topological polar surface area (TPSA) is 81.3 Å². The zero-order valence-electron chi connectivity index (χ0n) is 13.3. The number of aromatic nitrogens is 3. The third kappa shape index (κ3) is 3.07. The number of aliphatic hydroxyl groups is 1. The van der Waals surface area contributed by atoms with Crippen LogP contribution < -0.4 is 4.74 Å². The molecule has 0 aliphatic rings. The predicted molar refractivity (Wildman–Crippen MR) is 93.1 cm³/mol. The van der Waals surface area contributed by atoms with E-state index in [1.54, 1.807) is 18.6 Å². The highest BCUT2D eigenvalue weighted by molar-refractivity contribution is 5.92. The molecule has 3 heterocycles. The summed E-state index contributed by atoms with van der Waals surface area (Å²) in [5.41, 5.74) is 4.18. The first kappa shape index (κ1) is 15.3. The SMILES string of the molecule is OCCOc1ccc(-c2cc3nccc(-c4cncnc4)c3o2)cc1. The molecular formula is C19H15N3O3. The van der Waals surface area contributed by atoms with Crippen molar-refractivity contribution in [2.24, 2.45) is 0 Å². The molecule has 0 atom stereocenters. The maximum absolute atomic E-state index is 8.80. The molecule has 0 saturated heterocycles. The fraction of sp³-hybridized carbons (Fsp3) is 0.105. The molecule has 3 aromatic heterocycles. The van der Waals surface area contributed by atoms with E-state index in [4.69, 9.17) is 14.3 Å². The Kier molecular flexibility index (Phi) is 4.10. The van der Waals surface area contributed by atoms with Gasteiger partial charge in [-0.25, -0.2) is 9.97 Å². The fourth-order valence-corrected chi connectivity index (χ4v) is 2.62. The molecule has 1 aromatic carbocycles. The molecule has 1 N–H and O–H groups in total. The Morgan fingerprint density at radius 2 is 1.80 bits per heavy atom. The van der Waals surface area contributed by atoms with Crippen molar-refractivity contribution >= 4 is 11.1 Å². The molecule has 0 saturated carbocycles. The number of hydrogen-bond donors (Lipinski definition) is 1. The third-order valence-corrected chi connectivity index (χ3v) is 3.78. The number of ether oxygens (including phenoxy) is 1. The lowest BCUT2D eigenvalue weighted by atomic mass is 10.1. The molecule has 0 radical (unpaired) electrons. The third-order valence-electron chi connectivity index (χ3n) is 3.78. The lowest BCUT2D eigenvalue weighted by Crippen LogP contribution is -2.01. The van der Waals surface area contributed by atoms with Crippen LogP contribution in [0.2, 0.25) is 0 Å². The van der Waals surface area contributed by atoms with Crippen LogP contribution in [0.25, 0.3) is 33.6 Å². The van der Waals surface area contributed by atoms with E-state index in [1.807, 2.05) is 36.4 Å². The highest BCUT2D eigenvalue weighted by Gasteiger charge is 2.12. The summed E-state index contributed by atoms with van der Waals surface area (Å²) in [5.74, 6) is 1.43. The van der Waals surface area contributed by atoms with Crippen molar-refractivity contribution in [3.63, 3.8) is 0 Å². The van der Waals surface area contributed by atoms with E-state index in [0.29, 0.717) is 11.3 Å². The van der Waals surface area contributed by atoms with Gasteiger partial charge in [-0.05, 0) is 30.3 Å². The van der Waals surface area contributed by atoms with Crippen molar-refractivity contribution in [3.8, 4) is 28.2 Å². The van der Waals surface area contributed by atoms with Gasteiger partial charge in [0.05, 0.1) is 6.61 Å². The Morgan fingerprint density at radius 1 is 1.00 bits per heavy atom. The summed E-state index contributed by atoms with van der Waals surface area (Å²) >= 11 is 0. The first-order valence-corrected chi connectivity index (χ1v) is 7.83. The first-order valence-electron chi connectivity index (χ1n) is 7.83. The molecule has 4 aromatic rings. The fourth-order valence-electron chi connectivity index (χ4n) is 2.62. The summed E-state index contributed by atoms with van der Waals surface area (Å²) in [7, 11) is 0. The molecule has 0 aliphatic heterocycles. The number of benzene rings is 1. The van der Waals surface area contributed by atoms with Gasteiger partial charge in [-0.1, -0.05) is 0 Å². The first-order chi connectivity index (χ1) is 12.3. The van der Waals surface area contributed by atoms with Gasteiger partial charge in [-0.2, -0.15) is 0 Å². The van der Waals surface area contributed by atoms with E-state index >= 15 is 0 Å². The van der Waals surface area contributed by atoms with E-state index in [2.05, 4.69) is 15.0 Å². The normalized spacial score (nSPS) is 10.9. The summed E-state index contributed by atoms with van der Waals surface area (Å²) in [5, 5.41) is 8.80. The van der Waals surface area contributed by atoms with Crippen LogP contribution in [0.5, 0.6) is 5.75 Å². The number of aliphatic hydroxyl groups excluding tert-OH is 1. The minimum Gasteiger partial charge on any atom is -0.491 e. The molecule has 0 spiro atoms. The van der Waals surface area contributed by atoms with Crippen molar-refractivity contribution in [1.82, 2.24) is 15.0 Å². The average molecular weight is 333 g/mol. The molecular weight excluding hydrogens is 318 g/mol. The van der Waals surface area contributed by atoms with Gasteiger partial charge in [-0.15, -0.1) is 0 Å². The summed E-state index contributed by atoms with van der Waals surface area (Å²) < 4.78 is 11.4. The van der Waals surface area contributed by atoms with Crippen LogP contribution >= 0.6 is 0 Å². The maximum Gasteiger partial charge on any atom is 0.161 e. The summed E-state index contributed by atoms with van der Waals surface area (Å²) in [6.07, 6.45) is 6.74. The molecule has 6 nitrogen and oxygen atoms in total. The van der Waals surface area contributed by atoms with Gasteiger partial charge in [0.1, 0.15) is 30.0 Å². The van der Waals surface area contributed by atoms with Crippen molar-refractivity contribution < 1.29 is 14.3 Å². The molecule has 25 heavy (non-hydrogen) atoms. The molecule has 6 heteroatoms. The standard InChI is InChI=1S/C19H15N3O3/c23-7-8-24-15-3-1-13(2-4-15)18-9-17-19(25-18)16(5-6-22-17)14-10-20-12-21-11-14/h1-6,9-12,23H,7-8H2. The van der Waals surface area contributed by atoms with Crippen molar-refractivity contribution in [2.75, 3.05) is 13.2 Å². The van der Waals surface area contributed by atoms with Crippen molar-refractivity contribution in [2.45, 2.75) is 0 Å². The average Bonchev–Trinajstić information content (AvgIpc) is 3.12. The second-order valence-corrected chi connectivity index (χ2v) is 5.41. The molecule has 0 bridgehead atoms. The Balaban J connectivity index is 1.72. The van der Waals surface area contributed by atoms with Gasteiger partial charge in [-0.3, -0.25) is 4.98 Å². The van der Waals surface area contributed by atoms with Gasteiger partial charge in [0.15, 0.2) is 5.58 Å². The molecule has 0 aliphatic carbocycles. The second-order valence-electron chi connectivity index (χ2n) is 5.41. The van der Waals surface area contributed by atoms with E-state index < -0.39 is 0 Å². The Morgan fingerprint density at radius 3 is 2.56 bits per heavy atom. The van der Waals surface area contributed by atoms with Gasteiger partial charge in [0.25, 0.3) is 0 Å². The molecule has 0 fully saturated rings. The van der Waals surface area contributed by atoms with Crippen LogP contribution in [-0.4, -0.2) is 33.3 Å². The van der Waals surface area contributed by atoms with Crippen molar-refractivity contribution in [3.05, 3.63) is 61.3 Å². The number of pyridine rings is 1. The van der Waals surface area contributed by atoms with E-state index in [-0.39, 0.29) is 13.2 Å². The van der Waals surface area contributed by atoms with Crippen LogP contribution in [0.3, 0.4) is 0 Å². The second kappa shape index (κ2) is 6.70. The smallest absolute Gasteiger partial charge is 0.161 e. The van der Waals surface area contributed by atoms with E-state index in [1.165, 1.54) is 6.33 Å². The minimum absolute atomic E-state index is 0.0109.